The molecular weight excluding hydrogens is 282 g/mol. The number of halogens is 1. The van der Waals surface area contributed by atoms with Crippen molar-refractivity contribution < 1.29 is 9.84 Å². The van der Waals surface area contributed by atoms with E-state index in [0.29, 0.717) is 0 Å². The first-order valence-electron chi connectivity index (χ1n) is 5.60. The molecule has 1 rings (SSSR count). The monoisotopic (exact) mass is 301 g/mol. The molecule has 3 nitrogen and oxygen atoms in total. The van der Waals surface area contributed by atoms with Crippen molar-refractivity contribution in [3.63, 3.8) is 0 Å². The summed E-state index contributed by atoms with van der Waals surface area (Å²) in [5, 5.41) is 9.08. The predicted octanol–water partition coefficient (Wildman–Crippen LogP) is 3.05. The fourth-order valence-corrected chi connectivity index (χ4v) is 2.18. The van der Waals surface area contributed by atoms with Crippen molar-refractivity contribution in [1.29, 1.82) is 0 Å². The molecule has 0 atom stereocenters. The maximum atomic E-state index is 9.08. The summed E-state index contributed by atoms with van der Waals surface area (Å²) in [6, 6.07) is 5.98. The molecule has 1 N–H and O–H groups in total. The van der Waals surface area contributed by atoms with Crippen molar-refractivity contribution in [1.82, 2.24) is 0 Å². The highest BCUT2D eigenvalue weighted by molar-refractivity contribution is 9.10. The minimum Gasteiger partial charge on any atom is -0.496 e. The molecule has 17 heavy (non-hydrogen) atoms. The SMILES string of the molecule is COc1ccc(N(C)C(C)(C)CCO)cc1Br. The van der Waals surface area contributed by atoms with E-state index in [0.717, 1.165) is 22.3 Å². The smallest absolute Gasteiger partial charge is 0.133 e. The van der Waals surface area contributed by atoms with Crippen LogP contribution in [-0.4, -0.2) is 31.4 Å². The number of aliphatic hydroxyl groups is 1. The second kappa shape index (κ2) is 5.74. The molecule has 0 amide bonds. The molecule has 0 aliphatic carbocycles. The van der Waals surface area contributed by atoms with Crippen molar-refractivity contribution in [2.45, 2.75) is 25.8 Å². The number of methoxy groups -OCH3 is 1. The van der Waals surface area contributed by atoms with Gasteiger partial charge in [0.2, 0.25) is 0 Å². The van der Waals surface area contributed by atoms with Gasteiger partial charge < -0.3 is 14.7 Å². The van der Waals surface area contributed by atoms with Gasteiger partial charge >= 0.3 is 0 Å². The van der Waals surface area contributed by atoms with E-state index in [1.54, 1.807) is 7.11 Å². The van der Waals surface area contributed by atoms with Gasteiger partial charge in [0.15, 0.2) is 0 Å². The molecule has 0 radical (unpaired) electrons. The lowest BCUT2D eigenvalue weighted by Crippen LogP contribution is -2.41. The maximum absolute atomic E-state index is 9.08. The quantitative estimate of drug-likeness (QED) is 0.907. The number of benzene rings is 1. The van der Waals surface area contributed by atoms with Crippen LogP contribution in [0.2, 0.25) is 0 Å². The van der Waals surface area contributed by atoms with Crippen LogP contribution in [0.15, 0.2) is 22.7 Å². The standard InChI is InChI=1S/C13H20BrNO2/c1-13(2,7-8-16)15(3)10-5-6-12(17-4)11(14)9-10/h5-6,9,16H,7-8H2,1-4H3. The van der Waals surface area contributed by atoms with Crippen LogP contribution < -0.4 is 9.64 Å². The van der Waals surface area contributed by atoms with Crippen molar-refractivity contribution in [3.05, 3.63) is 22.7 Å². The zero-order chi connectivity index (χ0) is 13.1. The highest BCUT2D eigenvalue weighted by Crippen LogP contribution is 2.32. The van der Waals surface area contributed by atoms with Crippen LogP contribution in [0.25, 0.3) is 0 Å². The van der Waals surface area contributed by atoms with Gasteiger partial charge in [-0.2, -0.15) is 0 Å². The molecule has 1 aromatic carbocycles. The first kappa shape index (κ1) is 14.3. The van der Waals surface area contributed by atoms with Crippen LogP contribution in [0.1, 0.15) is 20.3 Å². The Bertz CT molecular complexity index is 380. The van der Waals surface area contributed by atoms with E-state index < -0.39 is 0 Å². The lowest BCUT2D eigenvalue weighted by Gasteiger charge is -2.37. The van der Waals surface area contributed by atoms with Gasteiger partial charge in [0, 0.05) is 24.9 Å². The zero-order valence-electron chi connectivity index (χ0n) is 10.8. The van der Waals surface area contributed by atoms with Gasteiger partial charge in [-0.1, -0.05) is 0 Å². The molecule has 0 bridgehead atoms. The lowest BCUT2D eigenvalue weighted by molar-refractivity contribution is 0.250. The summed E-state index contributed by atoms with van der Waals surface area (Å²) in [4.78, 5) is 2.16. The molecule has 0 spiro atoms. The first-order chi connectivity index (χ1) is 7.92. The van der Waals surface area contributed by atoms with Gasteiger partial charge in [-0.05, 0) is 54.4 Å². The average molecular weight is 302 g/mol. The minimum atomic E-state index is -0.0806. The van der Waals surface area contributed by atoms with Crippen molar-refractivity contribution in [3.8, 4) is 5.75 Å². The Morgan fingerprint density at radius 1 is 1.41 bits per heavy atom. The fourth-order valence-electron chi connectivity index (χ4n) is 1.65. The summed E-state index contributed by atoms with van der Waals surface area (Å²) in [5.74, 6) is 0.821. The average Bonchev–Trinajstić information content (AvgIpc) is 2.27. The van der Waals surface area contributed by atoms with E-state index in [1.165, 1.54) is 0 Å². The Labute approximate surface area is 112 Å². The van der Waals surface area contributed by atoms with Gasteiger partial charge in [0.1, 0.15) is 5.75 Å². The van der Waals surface area contributed by atoms with Crippen molar-refractivity contribution in [2.24, 2.45) is 0 Å². The highest BCUT2D eigenvalue weighted by atomic mass is 79.9. The van der Waals surface area contributed by atoms with Gasteiger partial charge in [-0.15, -0.1) is 0 Å². The number of anilines is 1. The summed E-state index contributed by atoms with van der Waals surface area (Å²) in [5.41, 5.74) is 1.01. The zero-order valence-corrected chi connectivity index (χ0v) is 12.4. The first-order valence-corrected chi connectivity index (χ1v) is 6.40. The molecule has 1 aromatic rings. The molecule has 0 aliphatic heterocycles. The Hall–Kier alpha value is -0.740. The molecule has 96 valence electrons. The van der Waals surface area contributed by atoms with Crippen molar-refractivity contribution >= 4 is 21.6 Å². The Kier molecular flexibility index (Phi) is 4.83. The molecule has 0 unspecified atom stereocenters. The normalized spacial score (nSPS) is 11.4. The second-order valence-electron chi connectivity index (χ2n) is 4.66. The van der Waals surface area contributed by atoms with E-state index in [-0.39, 0.29) is 12.1 Å². The van der Waals surface area contributed by atoms with Crippen LogP contribution >= 0.6 is 15.9 Å². The molecule has 0 saturated heterocycles. The van der Waals surface area contributed by atoms with Gasteiger partial charge in [0.05, 0.1) is 11.6 Å². The number of aliphatic hydroxyl groups excluding tert-OH is 1. The summed E-state index contributed by atoms with van der Waals surface area (Å²) in [6.45, 7) is 4.41. The Morgan fingerprint density at radius 3 is 2.53 bits per heavy atom. The molecule has 0 saturated carbocycles. The van der Waals surface area contributed by atoms with E-state index in [2.05, 4.69) is 34.7 Å². The minimum absolute atomic E-state index is 0.0806. The lowest BCUT2D eigenvalue weighted by atomic mass is 9.98. The fraction of sp³-hybridized carbons (Fsp3) is 0.538. The number of rotatable bonds is 5. The number of ether oxygens (including phenoxy) is 1. The second-order valence-corrected chi connectivity index (χ2v) is 5.52. The Balaban J connectivity index is 2.96. The Morgan fingerprint density at radius 2 is 2.06 bits per heavy atom. The molecule has 4 heteroatoms. The van der Waals surface area contributed by atoms with E-state index >= 15 is 0 Å². The van der Waals surface area contributed by atoms with Gasteiger partial charge in [0.25, 0.3) is 0 Å². The van der Waals surface area contributed by atoms with Gasteiger partial charge in [-0.3, -0.25) is 0 Å². The topological polar surface area (TPSA) is 32.7 Å². The summed E-state index contributed by atoms with van der Waals surface area (Å²) >= 11 is 3.48. The molecule has 0 aliphatic rings. The highest BCUT2D eigenvalue weighted by Gasteiger charge is 2.23. The summed E-state index contributed by atoms with van der Waals surface area (Å²) in [6.07, 6.45) is 0.729. The number of nitrogens with zero attached hydrogens (tertiary/aromatic N) is 1. The van der Waals surface area contributed by atoms with Crippen LogP contribution in [0.5, 0.6) is 5.75 Å². The molecule has 0 heterocycles. The number of hydrogen-bond donors (Lipinski definition) is 1. The van der Waals surface area contributed by atoms with Crippen LogP contribution in [0.3, 0.4) is 0 Å². The van der Waals surface area contributed by atoms with E-state index in [4.69, 9.17) is 9.84 Å². The third kappa shape index (κ3) is 3.36. The van der Waals surface area contributed by atoms with Crippen LogP contribution in [0, 0.1) is 0 Å². The largest absolute Gasteiger partial charge is 0.496 e. The van der Waals surface area contributed by atoms with Crippen LogP contribution in [-0.2, 0) is 0 Å². The van der Waals surface area contributed by atoms with E-state index in [1.807, 2.05) is 25.2 Å². The molecular formula is C13H20BrNO2. The van der Waals surface area contributed by atoms with E-state index in [9.17, 15) is 0 Å². The predicted molar refractivity (Wildman–Crippen MR) is 74.9 cm³/mol. The van der Waals surface area contributed by atoms with Gasteiger partial charge in [-0.25, -0.2) is 0 Å². The van der Waals surface area contributed by atoms with Crippen molar-refractivity contribution in [2.75, 3.05) is 25.7 Å². The summed E-state index contributed by atoms with van der Waals surface area (Å²) in [7, 11) is 3.68. The maximum Gasteiger partial charge on any atom is 0.133 e. The third-order valence-corrected chi connectivity index (χ3v) is 3.77. The molecule has 0 fully saturated rings. The summed E-state index contributed by atoms with van der Waals surface area (Å²) < 4.78 is 6.14. The van der Waals surface area contributed by atoms with Crippen LogP contribution in [0.4, 0.5) is 5.69 Å². The third-order valence-electron chi connectivity index (χ3n) is 3.15. The molecule has 0 aromatic heterocycles. The number of hydrogen-bond acceptors (Lipinski definition) is 3.